The summed E-state index contributed by atoms with van der Waals surface area (Å²) in [5, 5.41) is 5.41. The van der Waals surface area contributed by atoms with E-state index < -0.39 is 0 Å². The molecule has 1 aromatic carbocycles. The third kappa shape index (κ3) is 3.61. The van der Waals surface area contributed by atoms with Gasteiger partial charge in [-0.25, -0.2) is 5.43 Å². The lowest BCUT2D eigenvalue weighted by Crippen LogP contribution is -2.33. The van der Waals surface area contributed by atoms with Crippen molar-refractivity contribution in [2.45, 2.75) is 32.7 Å². The normalized spacial score (nSPS) is 18.1. The summed E-state index contributed by atoms with van der Waals surface area (Å²) in [6.07, 6.45) is 3.71. The molecular formula is C16H23N3O. The second-order valence-electron chi connectivity index (χ2n) is 5.24. The number of anilines is 1. The van der Waals surface area contributed by atoms with Gasteiger partial charge in [-0.2, -0.15) is 0 Å². The number of hydrogen-bond acceptors (Lipinski definition) is 4. The monoisotopic (exact) mass is 273 g/mol. The predicted octanol–water partition coefficient (Wildman–Crippen LogP) is 2.80. The highest BCUT2D eigenvalue weighted by Gasteiger charge is 2.15. The number of rotatable bonds is 6. The molecule has 2 N–H and O–H groups in total. The number of likely N-dealkylation sites (N-methyl/N-ethyl adjacent to an activating group) is 1. The first-order chi connectivity index (χ1) is 9.60. The van der Waals surface area contributed by atoms with Crippen LogP contribution in [0.2, 0.25) is 0 Å². The molecule has 20 heavy (non-hydrogen) atoms. The second kappa shape index (κ2) is 6.57. The molecule has 1 heterocycles. The van der Waals surface area contributed by atoms with Gasteiger partial charge in [-0.05, 0) is 43.7 Å². The van der Waals surface area contributed by atoms with E-state index in [9.17, 15) is 4.79 Å². The molecule has 1 aliphatic rings. The van der Waals surface area contributed by atoms with Crippen molar-refractivity contribution in [2.75, 3.05) is 18.9 Å². The molecule has 0 bridgehead atoms. The van der Waals surface area contributed by atoms with Gasteiger partial charge in [-0.15, -0.1) is 0 Å². The molecule has 1 aliphatic heterocycles. The summed E-state index contributed by atoms with van der Waals surface area (Å²) < 4.78 is 0. The predicted molar refractivity (Wildman–Crippen MR) is 82.6 cm³/mol. The minimum atomic E-state index is 0.218. The van der Waals surface area contributed by atoms with Crippen molar-refractivity contribution in [3.63, 3.8) is 0 Å². The second-order valence-corrected chi connectivity index (χ2v) is 5.24. The van der Waals surface area contributed by atoms with Gasteiger partial charge >= 0.3 is 0 Å². The fourth-order valence-electron chi connectivity index (χ4n) is 2.34. The van der Waals surface area contributed by atoms with Crippen LogP contribution in [0, 0.1) is 0 Å². The van der Waals surface area contributed by atoms with Crippen LogP contribution in [0.5, 0.6) is 0 Å². The SMILES string of the molecule is CCCC(=O)c1ccc(NCC2=CC(C)NN2C)cc1. The lowest BCUT2D eigenvalue weighted by molar-refractivity contribution is 0.0982. The molecule has 0 radical (unpaired) electrons. The standard InChI is InChI=1S/C16H23N3O/c1-4-5-16(20)13-6-8-14(9-7-13)17-11-15-10-12(2)18-19(15)3/h6-10,12,17-18H,4-5,11H2,1-3H3. The smallest absolute Gasteiger partial charge is 0.162 e. The molecule has 0 saturated carbocycles. The molecule has 4 nitrogen and oxygen atoms in total. The number of ketones is 1. The van der Waals surface area contributed by atoms with Gasteiger partial charge in [-0.1, -0.05) is 6.92 Å². The third-order valence-electron chi connectivity index (χ3n) is 3.43. The van der Waals surface area contributed by atoms with Crippen LogP contribution in [-0.4, -0.2) is 30.4 Å². The number of nitrogens with one attached hydrogen (secondary N) is 2. The maximum Gasteiger partial charge on any atom is 0.162 e. The Kier molecular flexibility index (Phi) is 4.79. The van der Waals surface area contributed by atoms with Crippen LogP contribution in [0.3, 0.4) is 0 Å². The average molecular weight is 273 g/mol. The van der Waals surface area contributed by atoms with Crippen molar-refractivity contribution in [1.29, 1.82) is 0 Å². The molecular weight excluding hydrogens is 250 g/mol. The zero-order valence-corrected chi connectivity index (χ0v) is 12.4. The molecule has 1 atom stereocenters. The molecule has 0 fully saturated rings. The van der Waals surface area contributed by atoms with Gasteiger partial charge in [0.2, 0.25) is 0 Å². The number of benzene rings is 1. The largest absolute Gasteiger partial charge is 0.379 e. The average Bonchev–Trinajstić information content (AvgIpc) is 2.75. The van der Waals surface area contributed by atoms with Crippen molar-refractivity contribution in [2.24, 2.45) is 0 Å². The van der Waals surface area contributed by atoms with Gasteiger partial charge in [0.15, 0.2) is 5.78 Å². The number of carbonyl (C=O) groups excluding carboxylic acids is 1. The van der Waals surface area contributed by atoms with E-state index in [1.54, 1.807) is 0 Å². The Morgan fingerprint density at radius 2 is 2.05 bits per heavy atom. The fraction of sp³-hybridized carbons (Fsp3) is 0.438. The maximum absolute atomic E-state index is 11.8. The molecule has 0 aliphatic carbocycles. The van der Waals surface area contributed by atoms with Gasteiger partial charge in [0.05, 0.1) is 6.54 Å². The van der Waals surface area contributed by atoms with Crippen LogP contribution < -0.4 is 10.7 Å². The number of carbonyl (C=O) groups is 1. The molecule has 108 valence electrons. The van der Waals surface area contributed by atoms with E-state index in [1.165, 1.54) is 5.70 Å². The van der Waals surface area contributed by atoms with Crippen molar-refractivity contribution in [3.05, 3.63) is 41.6 Å². The first kappa shape index (κ1) is 14.6. The molecule has 1 unspecified atom stereocenters. The number of nitrogens with zero attached hydrogens (tertiary/aromatic N) is 1. The Morgan fingerprint density at radius 1 is 1.35 bits per heavy atom. The van der Waals surface area contributed by atoms with Gasteiger partial charge < -0.3 is 10.3 Å². The molecule has 2 rings (SSSR count). The van der Waals surface area contributed by atoms with Crippen LogP contribution in [0.15, 0.2) is 36.0 Å². The highest BCUT2D eigenvalue weighted by Crippen LogP contribution is 2.14. The van der Waals surface area contributed by atoms with E-state index in [4.69, 9.17) is 0 Å². The summed E-state index contributed by atoms with van der Waals surface area (Å²) in [6, 6.07) is 8.11. The highest BCUT2D eigenvalue weighted by atomic mass is 16.1. The highest BCUT2D eigenvalue weighted by molar-refractivity contribution is 5.96. The third-order valence-corrected chi connectivity index (χ3v) is 3.43. The summed E-state index contributed by atoms with van der Waals surface area (Å²) in [5.74, 6) is 0.218. The van der Waals surface area contributed by atoms with Gasteiger partial charge in [-0.3, -0.25) is 4.79 Å². The zero-order chi connectivity index (χ0) is 14.5. The number of hydrazine groups is 1. The van der Waals surface area contributed by atoms with Crippen LogP contribution >= 0.6 is 0 Å². The first-order valence-electron chi connectivity index (χ1n) is 7.18. The number of Topliss-reactive ketones (excluding diaryl/α,β-unsaturated/α-hetero) is 1. The van der Waals surface area contributed by atoms with E-state index in [0.29, 0.717) is 12.5 Å². The molecule has 1 aromatic rings. The number of hydrogen-bond donors (Lipinski definition) is 2. The Hall–Kier alpha value is -1.81. The van der Waals surface area contributed by atoms with Crippen molar-refractivity contribution in [3.8, 4) is 0 Å². The Morgan fingerprint density at radius 3 is 2.60 bits per heavy atom. The summed E-state index contributed by atoms with van der Waals surface area (Å²) >= 11 is 0. The zero-order valence-electron chi connectivity index (χ0n) is 12.4. The topological polar surface area (TPSA) is 44.4 Å². The van der Waals surface area contributed by atoms with Crippen molar-refractivity contribution >= 4 is 11.5 Å². The van der Waals surface area contributed by atoms with Crippen LogP contribution in [0.1, 0.15) is 37.0 Å². The summed E-state index contributed by atoms with van der Waals surface area (Å²) in [5.41, 5.74) is 6.35. The van der Waals surface area contributed by atoms with Gasteiger partial charge in [0.1, 0.15) is 0 Å². The van der Waals surface area contributed by atoms with Crippen LogP contribution in [0.4, 0.5) is 5.69 Å². The Labute approximate surface area is 120 Å². The molecule has 4 heteroatoms. The van der Waals surface area contributed by atoms with Gasteiger partial charge in [0.25, 0.3) is 0 Å². The molecule has 0 spiro atoms. The summed E-state index contributed by atoms with van der Waals surface area (Å²) in [4.78, 5) is 11.8. The van der Waals surface area contributed by atoms with E-state index in [-0.39, 0.29) is 5.78 Å². The quantitative estimate of drug-likeness (QED) is 0.782. The van der Waals surface area contributed by atoms with Crippen LogP contribution in [-0.2, 0) is 0 Å². The first-order valence-corrected chi connectivity index (χ1v) is 7.18. The van der Waals surface area contributed by atoms with E-state index >= 15 is 0 Å². The van der Waals surface area contributed by atoms with E-state index in [1.807, 2.05) is 43.2 Å². The lowest BCUT2D eigenvalue weighted by Gasteiger charge is -2.18. The minimum absolute atomic E-state index is 0.218. The van der Waals surface area contributed by atoms with Crippen molar-refractivity contribution in [1.82, 2.24) is 10.4 Å². The van der Waals surface area contributed by atoms with Crippen LogP contribution in [0.25, 0.3) is 0 Å². The molecule has 0 aromatic heterocycles. The maximum atomic E-state index is 11.8. The fourth-order valence-corrected chi connectivity index (χ4v) is 2.34. The molecule has 0 amide bonds. The van der Waals surface area contributed by atoms with Gasteiger partial charge in [0, 0.05) is 36.5 Å². The summed E-state index contributed by atoms with van der Waals surface area (Å²) in [7, 11) is 2.02. The Balaban J connectivity index is 1.91. The van der Waals surface area contributed by atoms with E-state index in [2.05, 4.69) is 23.7 Å². The Bertz CT molecular complexity index is 493. The lowest BCUT2D eigenvalue weighted by atomic mass is 10.1. The minimum Gasteiger partial charge on any atom is -0.379 e. The summed E-state index contributed by atoms with van der Waals surface area (Å²) in [6.45, 7) is 4.92. The van der Waals surface area contributed by atoms with Crippen molar-refractivity contribution < 1.29 is 4.79 Å². The molecule has 0 saturated heterocycles. The van der Waals surface area contributed by atoms with E-state index in [0.717, 1.165) is 24.2 Å².